The third-order valence-electron chi connectivity index (χ3n) is 2.96. The molecule has 0 bridgehead atoms. The zero-order valence-electron chi connectivity index (χ0n) is 10.8. The van der Waals surface area contributed by atoms with Crippen molar-refractivity contribution in [2.24, 2.45) is 7.05 Å². The summed E-state index contributed by atoms with van der Waals surface area (Å²) >= 11 is 0. The van der Waals surface area contributed by atoms with Crippen molar-refractivity contribution in [1.29, 1.82) is 0 Å². The predicted molar refractivity (Wildman–Crippen MR) is 69.0 cm³/mol. The first-order valence-corrected chi connectivity index (χ1v) is 5.71. The smallest absolute Gasteiger partial charge is 0.0947 e. The number of aryl methyl sites for hydroxylation is 1. The second-order valence-electron chi connectivity index (χ2n) is 4.57. The lowest BCUT2D eigenvalue weighted by atomic mass is 10.1. The lowest BCUT2D eigenvalue weighted by Crippen LogP contribution is -2.21. The van der Waals surface area contributed by atoms with Gasteiger partial charge in [-0.1, -0.05) is 6.07 Å². The van der Waals surface area contributed by atoms with Gasteiger partial charge in [0, 0.05) is 26.1 Å². The first-order valence-electron chi connectivity index (χ1n) is 5.71. The lowest BCUT2D eigenvalue weighted by molar-refractivity contribution is 0.0785. The van der Waals surface area contributed by atoms with E-state index in [0.29, 0.717) is 0 Å². The maximum atomic E-state index is 5.53. The van der Waals surface area contributed by atoms with Crippen molar-refractivity contribution in [2.45, 2.75) is 6.10 Å². The highest BCUT2D eigenvalue weighted by Gasteiger charge is 2.12. The Balaban J connectivity index is 2.34. The monoisotopic (exact) mass is 233 g/mol. The van der Waals surface area contributed by atoms with Crippen LogP contribution in [0.15, 0.2) is 24.4 Å². The summed E-state index contributed by atoms with van der Waals surface area (Å²) in [5.74, 6) is 0. The minimum Gasteiger partial charge on any atom is -0.375 e. The molecule has 0 aliphatic carbocycles. The molecule has 0 N–H and O–H groups in total. The maximum absolute atomic E-state index is 5.53. The van der Waals surface area contributed by atoms with Crippen LogP contribution in [-0.4, -0.2) is 42.4 Å². The molecule has 0 aliphatic rings. The fourth-order valence-corrected chi connectivity index (χ4v) is 2.03. The van der Waals surface area contributed by atoms with Crippen LogP contribution in [0.4, 0.5) is 0 Å². The minimum absolute atomic E-state index is 0.106. The van der Waals surface area contributed by atoms with Gasteiger partial charge in [0.2, 0.25) is 0 Å². The van der Waals surface area contributed by atoms with E-state index in [-0.39, 0.29) is 6.10 Å². The number of ether oxygens (including phenoxy) is 1. The Kier molecular flexibility index (Phi) is 3.45. The fourth-order valence-electron chi connectivity index (χ4n) is 2.03. The number of rotatable bonds is 4. The molecule has 0 fully saturated rings. The zero-order valence-corrected chi connectivity index (χ0v) is 10.8. The zero-order chi connectivity index (χ0) is 12.4. The van der Waals surface area contributed by atoms with Crippen molar-refractivity contribution in [1.82, 2.24) is 14.7 Å². The van der Waals surface area contributed by atoms with E-state index in [9.17, 15) is 0 Å². The molecule has 1 aromatic heterocycles. The molecule has 17 heavy (non-hydrogen) atoms. The number of methoxy groups -OCH3 is 1. The Morgan fingerprint density at radius 2 is 2.18 bits per heavy atom. The molecule has 0 spiro atoms. The van der Waals surface area contributed by atoms with E-state index in [1.807, 2.05) is 17.9 Å². The van der Waals surface area contributed by atoms with Gasteiger partial charge < -0.3 is 9.64 Å². The number of fused-ring (bicyclic) bond motifs is 1. The molecule has 2 rings (SSSR count). The van der Waals surface area contributed by atoms with E-state index >= 15 is 0 Å². The van der Waals surface area contributed by atoms with Gasteiger partial charge in [0.25, 0.3) is 0 Å². The minimum atomic E-state index is 0.106. The number of aromatic nitrogens is 2. The highest BCUT2D eigenvalue weighted by Crippen LogP contribution is 2.22. The van der Waals surface area contributed by atoms with Crippen LogP contribution < -0.4 is 0 Å². The van der Waals surface area contributed by atoms with E-state index < -0.39 is 0 Å². The molecule has 0 aliphatic heterocycles. The largest absolute Gasteiger partial charge is 0.375 e. The van der Waals surface area contributed by atoms with Crippen LogP contribution >= 0.6 is 0 Å². The first-order chi connectivity index (χ1) is 8.11. The predicted octanol–water partition coefficient (Wildman–Crippen LogP) is 1.82. The Morgan fingerprint density at radius 3 is 2.82 bits per heavy atom. The quantitative estimate of drug-likeness (QED) is 0.807. The number of nitrogens with zero attached hydrogens (tertiary/aromatic N) is 3. The molecule has 0 saturated heterocycles. The van der Waals surface area contributed by atoms with Gasteiger partial charge in [0.05, 0.1) is 17.8 Å². The van der Waals surface area contributed by atoms with Crippen LogP contribution in [-0.2, 0) is 11.8 Å². The maximum Gasteiger partial charge on any atom is 0.0947 e. The topological polar surface area (TPSA) is 30.3 Å². The van der Waals surface area contributed by atoms with E-state index in [0.717, 1.165) is 17.4 Å². The van der Waals surface area contributed by atoms with Crippen molar-refractivity contribution < 1.29 is 4.74 Å². The average molecular weight is 233 g/mol. The van der Waals surface area contributed by atoms with Gasteiger partial charge in [0.1, 0.15) is 0 Å². The summed E-state index contributed by atoms with van der Waals surface area (Å²) in [5, 5.41) is 5.41. The molecule has 1 unspecified atom stereocenters. The van der Waals surface area contributed by atoms with Gasteiger partial charge in [-0.25, -0.2) is 0 Å². The molecule has 4 heteroatoms. The molecular weight excluding hydrogens is 214 g/mol. The number of likely N-dealkylation sites (N-methyl/N-ethyl adjacent to an activating group) is 1. The standard InChI is InChI=1S/C13H19N3O/c1-15(2)9-13(17-4)10-5-6-12-11(7-10)8-14-16(12)3/h5-8,13H,9H2,1-4H3. The first kappa shape index (κ1) is 12.1. The molecule has 0 amide bonds. The summed E-state index contributed by atoms with van der Waals surface area (Å²) in [6.45, 7) is 0.877. The van der Waals surface area contributed by atoms with Gasteiger partial charge >= 0.3 is 0 Å². The van der Waals surface area contributed by atoms with Crippen LogP contribution in [0.25, 0.3) is 10.9 Å². The van der Waals surface area contributed by atoms with Crippen molar-refractivity contribution in [3.05, 3.63) is 30.0 Å². The fraction of sp³-hybridized carbons (Fsp3) is 0.462. The van der Waals surface area contributed by atoms with Gasteiger partial charge in [-0.15, -0.1) is 0 Å². The second kappa shape index (κ2) is 4.85. The Bertz CT molecular complexity index is 504. The molecule has 0 radical (unpaired) electrons. The van der Waals surface area contributed by atoms with Crippen molar-refractivity contribution in [3.8, 4) is 0 Å². The van der Waals surface area contributed by atoms with E-state index in [2.05, 4.69) is 42.3 Å². The van der Waals surface area contributed by atoms with Crippen LogP contribution in [0.5, 0.6) is 0 Å². The molecule has 1 heterocycles. The highest BCUT2D eigenvalue weighted by molar-refractivity contribution is 5.79. The Labute approximate surface area is 102 Å². The summed E-state index contributed by atoms with van der Waals surface area (Å²) in [7, 11) is 7.81. The van der Waals surface area contributed by atoms with Crippen LogP contribution in [0.1, 0.15) is 11.7 Å². The summed E-state index contributed by atoms with van der Waals surface area (Å²) in [4.78, 5) is 2.13. The second-order valence-corrected chi connectivity index (χ2v) is 4.57. The van der Waals surface area contributed by atoms with Gasteiger partial charge in [-0.05, 0) is 31.8 Å². The molecule has 0 saturated carbocycles. The SMILES string of the molecule is COC(CN(C)C)c1ccc2c(cnn2C)c1. The highest BCUT2D eigenvalue weighted by atomic mass is 16.5. The number of hydrogen-bond acceptors (Lipinski definition) is 3. The van der Waals surface area contributed by atoms with Crippen LogP contribution in [0.2, 0.25) is 0 Å². The molecule has 1 aromatic carbocycles. The summed E-state index contributed by atoms with van der Waals surface area (Å²) < 4.78 is 7.42. The summed E-state index contributed by atoms with van der Waals surface area (Å²) in [6, 6.07) is 6.36. The van der Waals surface area contributed by atoms with Gasteiger partial charge in [0.15, 0.2) is 0 Å². The van der Waals surface area contributed by atoms with E-state index in [4.69, 9.17) is 4.74 Å². The van der Waals surface area contributed by atoms with Crippen LogP contribution in [0, 0.1) is 0 Å². The van der Waals surface area contributed by atoms with Crippen molar-refractivity contribution in [2.75, 3.05) is 27.7 Å². The number of benzene rings is 1. The van der Waals surface area contributed by atoms with Gasteiger partial charge in [-0.2, -0.15) is 5.10 Å². The molecule has 92 valence electrons. The third-order valence-corrected chi connectivity index (χ3v) is 2.96. The normalized spacial score (nSPS) is 13.5. The third kappa shape index (κ3) is 2.48. The van der Waals surface area contributed by atoms with Gasteiger partial charge in [-0.3, -0.25) is 4.68 Å². The molecular formula is C13H19N3O. The Hall–Kier alpha value is -1.39. The number of hydrogen-bond donors (Lipinski definition) is 0. The summed E-state index contributed by atoms with van der Waals surface area (Å²) in [6.07, 6.45) is 2.00. The molecule has 1 atom stereocenters. The van der Waals surface area contributed by atoms with E-state index in [1.165, 1.54) is 5.56 Å². The summed E-state index contributed by atoms with van der Waals surface area (Å²) in [5.41, 5.74) is 2.34. The van der Waals surface area contributed by atoms with Crippen molar-refractivity contribution >= 4 is 10.9 Å². The molecule has 2 aromatic rings. The Morgan fingerprint density at radius 1 is 1.41 bits per heavy atom. The van der Waals surface area contributed by atoms with Crippen molar-refractivity contribution in [3.63, 3.8) is 0 Å². The average Bonchev–Trinajstić information content (AvgIpc) is 2.67. The van der Waals surface area contributed by atoms with E-state index in [1.54, 1.807) is 7.11 Å². The molecule has 4 nitrogen and oxygen atoms in total. The lowest BCUT2D eigenvalue weighted by Gasteiger charge is -2.20. The van der Waals surface area contributed by atoms with Crippen LogP contribution in [0.3, 0.4) is 0 Å².